The Kier molecular flexibility index (Phi) is 39.2. The van der Waals surface area contributed by atoms with Gasteiger partial charge in [-0.1, -0.05) is 142 Å². The second-order valence-corrected chi connectivity index (χ2v) is 25.7. The summed E-state index contributed by atoms with van der Waals surface area (Å²) in [5, 5.41) is 171. The molecule has 516 valence electrons. The maximum absolute atomic E-state index is 11.2. The first-order valence-electron chi connectivity index (χ1n) is 32.3. The smallest absolute Gasteiger partial charge is 0.186 e. The van der Waals surface area contributed by atoms with Crippen molar-refractivity contribution in [1.82, 2.24) is 0 Å². The van der Waals surface area contributed by atoms with Gasteiger partial charge in [-0.15, -0.1) is 0 Å². The molecule has 4 aliphatic heterocycles. The number of hydrogen-bond donors (Lipinski definition) is 16. The van der Waals surface area contributed by atoms with Gasteiger partial charge in [0.15, 0.2) is 25.2 Å². The molecule has 20 atom stereocenters. The van der Waals surface area contributed by atoms with E-state index in [0.717, 1.165) is 64.2 Å². The number of aliphatic hydroxyl groups excluding tert-OH is 16. The monoisotopic (exact) mass is 1280 g/mol. The molecule has 0 bridgehead atoms. The Morgan fingerprint density at radius 1 is 0.287 bits per heavy atom. The van der Waals surface area contributed by atoms with E-state index in [1.807, 2.05) is 0 Å². The van der Waals surface area contributed by atoms with E-state index >= 15 is 0 Å². The number of rotatable bonds is 48. The minimum absolute atomic E-state index is 0.0550. The van der Waals surface area contributed by atoms with Crippen LogP contribution in [0, 0.1) is 10.8 Å². The first kappa shape index (κ1) is 78.8. The van der Waals surface area contributed by atoms with Gasteiger partial charge < -0.3 is 129 Å². The molecule has 8 unspecified atom stereocenters. The molecule has 0 amide bonds. The molecule has 4 heterocycles. The number of thioether (sulfide) groups is 1. The van der Waals surface area contributed by atoms with Crippen molar-refractivity contribution >= 4 is 11.8 Å². The van der Waals surface area contributed by atoms with E-state index in [0.29, 0.717) is 12.8 Å². The third-order valence-corrected chi connectivity index (χ3v) is 18.7. The van der Waals surface area contributed by atoms with Gasteiger partial charge in [-0.2, -0.15) is 11.8 Å². The predicted octanol–water partition coefficient (Wildman–Crippen LogP) is -0.386. The van der Waals surface area contributed by atoms with Gasteiger partial charge in [-0.05, 0) is 12.8 Å². The molecule has 0 aliphatic carbocycles. The normalized spacial score (nSPS) is 34.7. The van der Waals surface area contributed by atoms with Crippen LogP contribution in [0.1, 0.15) is 155 Å². The van der Waals surface area contributed by atoms with Crippen LogP contribution in [0.5, 0.6) is 0 Å². The number of unbranched alkanes of at least 4 members (excludes halogenated alkanes) is 20. The van der Waals surface area contributed by atoms with E-state index in [-0.39, 0.29) is 37.9 Å². The number of ether oxygens (including phenoxy) is 10. The molecule has 4 aliphatic rings. The van der Waals surface area contributed by atoms with Crippen molar-refractivity contribution in [2.24, 2.45) is 10.8 Å². The molecule has 0 radical (unpaired) electrons. The molecule has 4 fully saturated rings. The highest BCUT2D eigenvalue weighted by Gasteiger charge is 2.50. The van der Waals surface area contributed by atoms with Crippen molar-refractivity contribution in [2.75, 3.05) is 90.8 Å². The Labute approximate surface area is 518 Å². The molecule has 0 spiro atoms. The summed E-state index contributed by atoms with van der Waals surface area (Å²) in [6.45, 7) is -0.272. The first-order valence-corrected chi connectivity index (χ1v) is 33.4. The Balaban J connectivity index is 1.70. The van der Waals surface area contributed by atoms with Gasteiger partial charge in [-0.25, -0.2) is 0 Å². The van der Waals surface area contributed by atoms with Crippen molar-refractivity contribution in [1.29, 1.82) is 0 Å². The van der Waals surface area contributed by atoms with Gasteiger partial charge in [0.05, 0.1) is 66.1 Å². The van der Waals surface area contributed by atoms with Crippen LogP contribution in [-0.2, 0) is 47.4 Å². The average Bonchev–Trinajstić information content (AvgIpc) is 1.47. The Morgan fingerprint density at radius 3 is 0.724 bits per heavy atom. The third kappa shape index (κ3) is 25.9. The van der Waals surface area contributed by atoms with Crippen molar-refractivity contribution in [3.05, 3.63) is 0 Å². The van der Waals surface area contributed by atoms with E-state index < -0.39 is 187 Å². The van der Waals surface area contributed by atoms with Gasteiger partial charge >= 0.3 is 0 Å². The van der Waals surface area contributed by atoms with E-state index in [1.165, 1.54) is 76.0 Å². The maximum Gasteiger partial charge on any atom is 0.186 e. The Bertz CT molecular complexity index is 1510. The van der Waals surface area contributed by atoms with Crippen LogP contribution in [0.15, 0.2) is 0 Å². The summed E-state index contributed by atoms with van der Waals surface area (Å²) in [6.07, 6.45) is -9.62. The van der Waals surface area contributed by atoms with E-state index in [1.54, 1.807) is 0 Å². The molecule has 16 N–H and O–H groups in total. The van der Waals surface area contributed by atoms with Crippen LogP contribution >= 0.6 is 11.8 Å². The summed E-state index contributed by atoms with van der Waals surface area (Å²) in [4.78, 5) is 0. The van der Waals surface area contributed by atoms with E-state index in [2.05, 4.69) is 13.8 Å². The van der Waals surface area contributed by atoms with Crippen LogP contribution < -0.4 is 0 Å². The van der Waals surface area contributed by atoms with Gasteiger partial charge in [0.1, 0.15) is 97.7 Å². The summed E-state index contributed by atoms with van der Waals surface area (Å²) >= 11 is 1.20. The minimum Gasteiger partial charge on any atom is -0.394 e. The van der Waals surface area contributed by atoms with Gasteiger partial charge in [-0.3, -0.25) is 0 Å². The summed E-state index contributed by atoms with van der Waals surface area (Å²) in [7, 11) is 0. The lowest BCUT2D eigenvalue weighted by atomic mass is 9.92. The maximum atomic E-state index is 11.2. The molecule has 87 heavy (non-hydrogen) atoms. The van der Waals surface area contributed by atoms with Crippen molar-refractivity contribution in [3.63, 3.8) is 0 Å². The van der Waals surface area contributed by atoms with Crippen molar-refractivity contribution < 1.29 is 129 Å². The standard InChI is InChI=1S/C60H114O26S/c1-3-5-7-9-11-13-15-17-19-21-23-25-77-31-59(33-79-55-51(73)47(69)43(65)39(27-61)83-55,34-80-56-52(74)48(70)44(66)40(28-62)84-56)37-87-38-60(35-81-57-53(75)49(71)45(67)41(29-63)85-57,36-82-58-54(76)50(72)46(68)42(30-64)86-58)32-78-26-24-22-20-18-16-14-12-10-8-6-4-2/h39-58,61-76H,3-38H2,1-2H3/t39?,40?,41?,42?,43-,44-,45-,46-,47+,48+,49+,50+,51?,52?,53?,54?,55-,56-,57-,58-,59?,60?/m1/s1. The number of hydrogen-bond acceptors (Lipinski definition) is 27. The van der Waals surface area contributed by atoms with Crippen molar-refractivity contribution in [2.45, 2.75) is 278 Å². The second-order valence-electron chi connectivity index (χ2n) is 24.7. The summed E-state index contributed by atoms with van der Waals surface area (Å²) in [6, 6.07) is 0. The molecule has 27 heteroatoms. The lowest BCUT2D eigenvalue weighted by Crippen LogP contribution is -2.60. The average molecular weight is 1280 g/mol. The van der Waals surface area contributed by atoms with E-state index in [4.69, 9.17) is 47.4 Å². The van der Waals surface area contributed by atoms with Crippen LogP contribution in [0.3, 0.4) is 0 Å². The molecule has 0 aromatic rings. The van der Waals surface area contributed by atoms with Crippen LogP contribution in [0.4, 0.5) is 0 Å². The third-order valence-electron chi connectivity index (χ3n) is 17.0. The minimum atomic E-state index is -1.83. The predicted molar refractivity (Wildman–Crippen MR) is 316 cm³/mol. The zero-order valence-electron chi connectivity index (χ0n) is 51.6. The fourth-order valence-corrected chi connectivity index (χ4v) is 12.6. The van der Waals surface area contributed by atoms with Gasteiger partial charge in [0.25, 0.3) is 0 Å². The molecule has 0 aromatic heterocycles. The Morgan fingerprint density at radius 2 is 0.506 bits per heavy atom. The van der Waals surface area contributed by atoms with Crippen LogP contribution in [0.25, 0.3) is 0 Å². The molecule has 4 rings (SSSR count). The zero-order chi connectivity index (χ0) is 63.8. The number of aliphatic hydroxyl groups is 16. The van der Waals surface area contributed by atoms with E-state index in [9.17, 15) is 81.7 Å². The fourth-order valence-electron chi connectivity index (χ4n) is 11.2. The first-order chi connectivity index (χ1) is 41.9. The Hall–Kier alpha value is -0.690. The molecule has 0 saturated carbocycles. The summed E-state index contributed by atoms with van der Waals surface area (Å²) in [5.41, 5.74) is -2.84. The highest BCUT2D eigenvalue weighted by atomic mass is 32.2. The topological polar surface area (TPSA) is 416 Å². The lowest BCUT2D eigenvalue weighted by molar-refractivity contribution is -0.319. The molecule has 26 nitrogen and oxygen atoms in total. The largest absolute Gasteiger partial charge is 0.394 e. The fraction of sp³-hybridized carbons (Fsp3) is 1.00. The van der Waals surface area contributed by atoms with Crippen LogP contribution in [0.2, 0.25) is 0 Å². The highest BCUT2D eigenvalue weighted by Crippen LogP contribution is 2.37. The molecular weight excluding hydrogens is 1170 g/mol. The molecule has 4 saturated heterocycles. The lowest BCUT2D eigenvalue weighted by Gasteiger charge is -2.44. The molecule has 0 aromatic carbocycles. The summed E-state index contributed by atoms with van der Waals surface area (Å²) < 4.78 is 60.9. The molecular formula is C60H114O26S. The zero-order valence-corrected chi connectivity index (χ0v) is 52.5. The summed E-state index contributed by atoms with van der Waals surface area (Å²) in [5.74, 6) is -0.110. The SMILES string of the molecule is CCCCCCCCCCCCCOCC(CO[C@@H]1OC(CO)[C@@H](O)[C@H](O)C1O)(CO[C@@H]1OC(CO)[C@@H](O)[C@H](O)C1O)CSCC(COCCCCCCCCCCCCC)(CO[C@@H]1OC(CO)[C@@H](O)[C@H](O)C1O)CO[C@@H]1OC(CO)[C@@H](O)[C@H](O)C1O. The van der Waals surface area contributed by atoms with Gasteiger partial charge in [0.2, 0.25) is 0 Å². The van der Waals surface area contributed by atoms with Crippen molar-refractivity contribution in [3.8, 4) is 0 Å². The second kappa shape index (κ2) is 43.3. The highest BCUT2D eigenvalue weighted by molar-refractivity contribution is 7.99. The quantitative estimate of drug-likeness (QED) is 0.0345. The van der Waals surface area contributed by atoms with Gasteiger partial charge in [0, 0.05) is 35.5 Å². The van der Waals surface area contributed by atoms with Crippen LogP contribution in [-0.4, -0.2) is 295 Å².